The summed E-state index contributed by atoms with van der Waals surface area (Å²) in [6, 6.07) is 8.83. The minimum absolute atomic E-state index is 0.0689. The lowest BCUT2D eigenvalue weighted by atomic mass is 10.1. The first-order chi connectivity index (χ1) is 5.84. The van der Waals surface area contributed by atoms with Crippen molar-refractivity contribution in [1.82, 2.24) is 0 Å². The third kappa shape index (κ3) is 2.45. The molecular weight excluding hydrogens is 156 g/mol. The van der Waals surface area contributed by atoms with Crippen LogP contribution in [0.5, 0.6) is 0 Å². The number of Topliss-reactive ketones (excluding diaryl/α,β-unsaturated/α-hetero) is 1. The highest BCUT2D eigenvalue weighted by atomic mass is 16.6. The molecule has 0 bridgehead atoms. The Hall–Kier alpha value is -1.19. The van der Waals surface area contributed by atoms with E-state index in [0.29, 0.717) is 5.56 Å². The van der Waals surface area contributed by atoms with E-state index in [4.69, 9.17) is 5.11 Å². The molecular formula is C9H10O3. The number of carbonyl (C=O) groups is 1. The Morgan fingerprint density at radius 1 is 1.33 bits per heavy atom. The molecule has 1 aromatic carbocycles. The highest BCUT2D eigenvalue weighted by Gasteiger charge is 2.03. The van der Waals surface area contributed by atoms with E-state index < -0.39 is 6.79 Å². The summed E-state index contributed by atoms with van der Waals surface area (Å²) in [5.41, 5.74) is 0.603. The van der Waals surface area contributed by atoms with E-state index in [0.717, 1.165) is 0 Å². The van der Waals surface area contributed by atoms with Gasteiger partial charge in [0.25, 0.3) is 0 Å². The summed E-state index contributed by atoms with van der Waals surface area (Å²) in [6.07, 6.45) is 0. The first-order valence-electron chi connectivity index (χ1n) is 3.61. The zero-order chi connectivity index (χ0) is 8.81. The maximum absolute atomic E-state index is 11.2. The molecule has 3 heteroatoms. The molecule has 1 aromatic rings. The number of ketones is 1. The van der Waals surface area contributed by atoms with Gasteiger partial charge >= 0.3 is 0 Å². The maximum atomic E-state index is 11.2. The van der Waals surface area contributed by atoms with E-state index in [-0.39, 0.29) is 12.4 Å². The third-order valence-electron chi connectivity index (χ3n) is 1.42. The second-order valence-corrected chi connectivity index (χ2v) is 2.27. The van der Waals surface area contributed by atoms with E-state index in [9.17, 15) is 4.79 Å². The fraction of sp³-hybridized carbons (Fsp3) is 0.222. The van der Waals surface area contributed by atoms with Crippen LogP contribution in [0.15, 0.2) is 30.3 Å². The number of ether oxygens (including phenoxy) is 1. The Labute approximate surface area is 70.6 Å². The molecule has 0 aromatic heterocycles. The molecule has 0 saturated heterocycles. The molecule has 3 nitrogen and oxygen atoms in total. The van der Waals surface area contributed by atoms with Crippen molar-refractivity contribution in [3.63, 3.8) is 0 Å². The molecule has 12 heavy (non-hydrogen) atoms. The average Bonchev–Trinajstić information content (AvgIpc) is 2.15. The molecule has 0 atom stereocenters. The zero-order valence-electron chi connectivity index (χ0n) is 6.56. The van der Waals surface area contributed by atoms with Gasteiger partial charge in [-0.1, -0.05) is 30.3 Å². The SMILES string of the molecule is O=C(COCO)c1ccccc1. The summed E-state index contributed by atoms with van der Waals surface area (Å²) in [5, 5.41) is 8.29. The predicted molar refractivity (Wildman–Crippen MR) is 43.8 cm³/mol. The highest BCUT2D eigenvalue weighted by Crippen LogP contribution is 1.99. The summed E-state index contributed by atoms with van der Waals surface area (Å²) in [6.45, 7) is -0.487. The average molecular weight is 166 g/mol. The standard InChI is InChI=1S/C9H10O3/c10-7-12-6-9(11)8-4-2-1-3-5-8/h1-5,10H,6-7H2. The lowest BCUT2D eigenvalue weighted by Crippen LogP contribution is -2.09. The largest absolute Gasteiger partial charge is 0.371 e. The summed E-state index contributed by atoms with van der Waals surface area (Å²) < 4.78 is 4.56. The molecule has 0 saturated carbocycles. The van der Waals surface area contributed by atoms with E-state index >= 15 is 0 Å². The van der Waals surface area contributed by atoms with E-state index in [2.05, 4.69) is 4.74 Å². The van der Waals surface area contributed by atoms with Crippen LogP contribution in [0.25, 0.3) is 0 Å². The molecule has 0 heterocycles. The summed E-state index contributed by atoms with van der Waals surface area (Å²) in [5.74, 6) is -0.121. The number of aliphatic hydroxyl groups is 1. The fourth-order valence-corrected chi connectivity index (χ4v) is 0.846. The molecule has 0 fully saturated rings. The molecule has 0 radical (unpaired) electrons. The van der Waals surface area contributed by atoms with Gasteiger partial charge < -0.3 is 9.84 Å². The molecule has 0 unspecified atom stereocenters. The first-order valence-corrected chi connectivity index (χ1v) is 3.61. The van der Waals surface area contributed by atoms with Gasteiger partial charge in [-0.3, -0.25) is 4.79 Å². The molecule has 1 rings (SSSR count). The smallest absolute Gasteiger partial charge is 0.188 e. The molecule has 64 valence electrons. The zero-order valence-corrected chi connectivity index (χ0v) is 6.56. The van der Waals surface area contributed by atoms with Crippen LogP contribution in [-0.4, -0.2) is 24.3 Å². The van der Waals surface area contributed by atoms with Crippen molar-refractivity contribution < 1.29 is 14.6 Å². The number of carbonyl (C=O) groups excluding carboxylic acids is 1. The van der Waals surface area contributed by atoms with Crippen molar-refractivity contribution in [1.29, 1.82) is 0 Å². The van der Waals surface area contributed by atoms with Crippen molar-refractivity contribution in [2.24, 2.45) is 0 Å². The van der Waals surface area contributed by atoms with E-state index in [1.165, 1.54) is 0 Å². The second-order valence-electron chi connectivity index (χ2n) is 2.27. The topological polar surface area (TPSA) is 46.5 Å². The van der Waals surface area contributed by atoms with Gasteiger partial charge in [-0.05, 0) is 0 Å². The van der Waals surface area contributed by atoms with Gasteiger partial charge in [0, 0.05) is 5.56 Å². The Morgan fingerprint density at radius 3 is 2.58 bits per heavy atom. The van der Waals surface area contributed by atoms with Crippen LogP contribution >= 0.6 is 0 Å². The maximum Gasteiger partial charge on any atom is 0.188 e. The van der Waals surface area contributed by atoms with Gasteiger partial charge in [-0.15, -0.1) is 0 Å². The Morgan fingerprint density at radius 2 is 2.00 bits per heavy atom. The highest BCUT2D eigenvalue weighted by molar-refractivity contribution is 5.96. The second kappa shape index (κ2) is 4.64. The first kappa shape index (κ1) is 8.90. The van der Waals surface area contributed by atoms with Crippen LogP contribution in [0.2, 0.25) is 0 Å². The van der Waals surface area contributed by atoms with Gasteiger partial charge in [0.2, 0.25) is 0 Å². The van der Waals surface area contributed by atoms with Gasteiger partial charge in [0.05, 0.1) is 0 Å². The van der Waals surface area contributed by atoms with Crippen molar-refractivity contribution in [2.45, 2.75) is 0 Å². The number of aliphatic hydroxyl groups excluding tert-OH is 1. The molecule has 0 aliphatic rings. The lowest BCUT2D eigenvalue weighted by Gasteiger charge is -1.99. The Bertz CT molecular complexity index is 243. The monoisotopic (exact) mass is 166 g/mol. The van der Waals surface area contributed by atoms with Gasteiger partial charge in [0.1, 0.15) is 13.4 Å². The molecule has 0 spiro atoms. The minimum Gasteiger partial charge on any atom is -0.371 e. The molecule has 0 aliphatic carbocycles. The van der Waals surface area contributed by atoms with Gasteiger partial charge in [-0.2, -0.15) is 0 Å². The van der Waals surface area contributed by atoms with E-state index in [1.807, 2.05) is 6.07 Å². The van der Waals surface area contributed by atoms with Gasteiger partial charge in [0.15, 0.2) is 5.78 Å². The summed E-state index contributed by atoms with van der Waals surface area (Å²) in [7, 11) is 0. The molecule has 1 N–H and O–H groups in total. The van der Waals surface area contributed by atoms with Crippen LogP contribution in [-0.2, 0) is 4.74 Å². The summed E-state index contributed by atoms with van der Waals surface area (Å²) in [4.78, 5) is 11.2. The van der Waals surface area contributed by atoms with Crippen LogP contribution in [0.1, 0.15) is 10.4 Å². The Kier molecular flexibility index (Phi) is 3.44. The van der Waals surface area contributed by atoms with Crippen molar-refractivity contribution in [2.75, 3.05) is 13.4 Å². The van der Waals surface area contributed by atoms with Crippen molar-refractivity contribution in [3.05, 3.63) is 35.9 Å². The lowest BCUT2D eigenvalue weighted by molar-refractivity contribution is 0.00350. The third-order valence-corrected chi connectivity index (χ3v) is 1.42. The van der Waals surface area contributed by atoms with Crippen LogP contribution in [0.3, 0.4) is 0 Å². The Balaban J connectivity index is 2.54. The number of hydrogen-bond donors (Lipinski definition) is 1. The summed E-state index contributed by atoms with van der Waals surface area (Å²) >= 11 is 0. The van der Waals surface area contributed by atoms with E-state index in [1.54, 1.807) is 24.3 Å². The van der Waals surface area contributed by atoms with Crippen molar-refractivity contribution in [3.8, 4) is 0 Å². The molecule has 0 amide bonds. The number of benzene rings is 1. The fourth-order valence-electron chi connectivity index (χ4n) is 0.846. The molecule has 0 aliphatic heterocycles. The normalized spacial score (nSPS) is 9.75. The van der Waals surface area contributed by atoms with Crippen LogP contribution < -0.4 is 0 Å². The van der Waals surface area contributed by atoms with Crippen LogP contribution in [0.4, 0.5) is 0 Å². The minimum atomic E-state index is -0.418. The van der Waals surface area contributed by atoms with Gasteiger partial charge in [-0.25, -0.2) is 0 Å². The quantitative estimate of drug-likeness (QED) is 0.532. The number of rotatable bonds is 4. The van der Waals surface area contributed by atoms with Crippen molar-refractivity contribution >= 4 is 5.78 Å². The number of hydrogen-bond acceptors (Lipinski definition) is 3. The predicted octanol–water partition coefficient (Wildman–Crippen LogP) is 0.836. The van der Waals surface area contributed by atoms with Crippen LogP contribution in [0, 0.1) is 0 Å².